The molecule has 0 fully saturated rings. The molecule has 0 radical (unpaired) electrons. The van der Waals surface area contributed by atoms with E-state index in [4.69, 9.17) is 9.47 Å². The molecule has 0 N–H and O–H groups in total. The van der Waals surface area contributed by atoms with Crippen molar-refractivity contribution >= 4 is 28.6 Å². The topological polar surface area (TPSA) is 35.5 Å². The van der Waals surface area contributed by atoms with Crippen LogP contribution in [0.15, 0.2) is 30.3 Å². The van der Waals surface area contributed by atoms with Crippen LogP contribution in [0.5, 0.6) is 11.5 Å². The van der Waals surface area contributed by atoms with E-state index in [1.165, 1.54) is 6.07 Å². The molecule has 26 heavy (non-hydrogen) atoms. The highest BCUT2D eigenvalue weighted by molar-refractivity contribution is 14.1. The third kappa shape index (κ3) is 4.90. The van der Waals surface area contributed by atoms with Crippen molar-refractivity contribution in [3.63, 3.8) is 0 Å². The average molecular weight is 478 g/mol. The van der Waals surface area contributed by atoms with Gasteiger partial charge in [0.1, 0.15) is 18.1 Å². The number of halogens is 4. The first-order valence-corrected chi connectivity index (χ1v) is 9.00. The Labute approximate surface area is 163 Å². The predicted octanol–water partition coefficient (Wildman–Crippen LogP) is 5.82. The maximum Gasteiger partial charge on any atom is 0.419 e. The first-order chi connectivity index (χ1) is 12.1. The number of esters is 1. The van der Waals surface area contributed by atoms with Gasteiger partial charge in [0.15, 0.2) is 0 Å². The largest absolute Gasteiger partial charge is 0.488 e. The molecular weight excluding hydrogens is 460 g/mol. The minimum Gasteiger partial charge on any atom is -0.488 e. The van der Waals surface area contributed by atoms with Crippen LogP contribution in [-0.4, -0.2) is 5.97 Å². The highest BCUT2D eigenvalue weighted by Crippen LogP contribution is 2.38. The Bertz CT molecular complexity index is 816. The number of rotatable bonds is 5. The summed E-state index contributed by atoms with van der Waals surface area (Å²) in [5, 5.41) is 0. The van der Waals surface area contributed by atoms with E-state index >= 15 is 0 Å². The van der Waals surface area contributed by atoms with Gasteiger partial charge in [-0.3, -0.25) is 4.79 Å². The van der Waals surface area contributed by atoms with Gasteiger partial charge >= 0.3 is 12.1 Å². The molecule has 0 heterocycles. The lowest BCUT2D eigenvalue weighted by Crippen LogP contribution is -2.12. The van der Waals surface area contributed by atoms with Crippen LogP contribution in [0, 0.1) is 17.4 Å². The van der Waals surface area contributed by atoms with Gasteiger partial charge in [0.05, 0.1) is 5.56 Å². The molecule has 0 amide bonds. The monoisotopic (exact) mass is 478 g/mol. The fourth-order valence-electron chi connectivity index (χ4n) is 2.25. The number of hydrogen-bond acceptors (Lipinski definition) is 3. The molecule has 0 unspecified atom stereocenters. The highest BCUT2D eigenvalue weighted by Gasteiger charge is 2.35. The molecule has 2 aromatic rings. The van der Waals surface area contributed by atoms with E-state index in [-0.39, 0.29) is 18.8 Å². The summed E-state index contributed by atoms with van der Waals surface area (Å²) in [4.78, 5) is 11.6. The fourth-order valence-corrected chi connectivity index (χ4v) is 2.88. The first-order valence-electron chi connectivity index (χ1n) is 7.92. The Morgan fingerprint density at radius 2 is 1.77 bits per heavy atom. The molecule has 0 saturated carbocycles. The molecule has 7 heteroatoms. The van der Waals surface area contributed by atoms with E-state index in [1.54, 1.807) is 39.0 Å². The zero-order valence-electron chi connectivity index (χ0n) is 14.5. The number of aryl methyl sites for hydroxylation is 2. The van der Waals surface area contributed by atoms with E-state index in [0.29, 0.717) is 22.4 Å². The minimum atomic E-state index is -4.52. The molecule has 0 spiro atoms. The maximum absolute atomic E-state index is 13.3. The summed E-state index contributed by atoms with van der Waals surface area (Å²) in [7, 11) is 0. The van der Waals surface area contributed by atoms with Crippen LogP contribution in [0.4, 0.5) is 13.2 Å². The van der Waals surface area contributed by atoms with Crippen molar-refractivity contribution < 1.29 is 27.4 Å². The van der Waals surface area contributed by atoms with E-state index in [2.05, 4.69) is 0 Å². The van der Waals surface area contributed by atoms with Crippen molar-refractivity contribution in [1.29, 1.82) is 0 Å². The molecule has 0 aliphatic carbocycles. The Morgan fingerprint density at radius 1 is 1.12 bits per heavy atom. The lowest BCUT2D eigenvalue weighted by molar-refractivity contribution is -0.139. The number of carbonyl (C=O) groups excluding carboxylic acids is 1. The minimum absolute atomic E-state index is 0.142. The van der Waals surface area contributed by atoms with Crippen molar-refractivity contribution in [2.45, 2.75) is 40.0 Å². The van der Waals surface area contributed by atoms with Crippen LogP contribution in [0.2, 0.25) is 0 Å². The van der Waals surface area contributed by atoms with Crippen LogP contribution in [0.25, 0.3) is 0 Å². The number of alkyl halides is 3. The summed E-state index contributed by atoms with van der Waals surface area (Å²) in [5.41, 5.74) is 0.949. The molecule has 0 saturated heterocycles. The van der Waals surface area contributed by atoms with Crippen LogP contribution in [0.3, 0.4) is 0 Å². The van der Waals surface area contributed by atoms with Gasteiger partial charge in [-0.05, 0) is 71.8 Å². The van der Waals surface area contributed by atoms with Crippen molar-refractivity contribution in [2.24, 2.45) is 0 Å². The summed E-state index contributed by atoms with van der Waals surface area (Å²) in [6, 6.07) is 7.54. The van der Waals surface area contributed by atoms with Crippen LogP contribution in [0.1, 0.15) is 35.6 Å². The Hall–Kier alpha value is -1.77. The van der Waals surface area contributed by atoms with Crippen molar-refractivity contribution in [2.75, 3.05) is 0 Å². The third-order valence-electron chi connectivity index (χ3n) is 3.86. The molecule has 2 rings (SSSR count). The van der Waals surface area contributed by atoms with Gasteiger partial charge in [-0.2, -0.15) is 13.2 Å². The first kappa shape index (κ1) is 20.5. The predicted molar refractivity (Wildman–Crippen MR) is 100 cm³/mol. The fraction of sp³-hybridized carbons (Fsp3) is 0.316. The number of ether oxygens (including phenoxy) is 2. The summed E-state index contributed by atoms with van der Waals surface area (Å²) < 4.78 is 51.4. The molecule has 3 nitrogen and oxygen atoms in total. The highest BCUT2D eigenvalue weighted by atomic mass is 127. The Kier molecular flexibility index (Phi) is 6.54. The molecule has 0 aliphatic rings. The van der Waals surface area contributed by atoms with E-state index in [1.807, 2.05) is 22.6 Å². The Morgan fingerprint density at radius 3 is 2.38 bits per heavy atom. The number of carbonyl (C=O) groups is 1. The van der Waals surface area contributed by atoms with Gasteiger partial charge in [-0.15, -0.1) is 0 Å². The normalized spacial score (nSPS) is 11.3. The lowest BCUT2D eigenvalue weighted by Gasteiger charge is -2.18. The Balaban J connectivity index is 2.35. The zero-order chi connectivity index (χ0) is 19.5. The lowest BCUT2D eigenvalue weighted by atomic mass is 10.0. The van der Waals surface area contributed by atoms with Gasteiger partial charge in [-0.25, -0.2) is 0 Å². The zero-order valence-corrected chi connectivity index (χ0v) is 16.7. The maximum atomic E-state index is 13.3. The molecule has 0 bridgehead atoms. The second-order valence-electron chi connectivity index (χ2n) is 5.76. The van der Waals surface area contributed by atoms with Gasteiger partial charge in [0.2, 0.25) is 0 Å². The van der Waals surface area contributed by atoms with Crippen molar-refractivity contribution in [1.82, 2.24) is 0 Å². The van der Waals surface area contributed by atoms with Crippen LogP contribution < -0.4 is 9.47 Å². The second kappa shape index (κ2) is 8.28. The molecule has 140 valence electrons. The number of benzene rings is 2. The molecule has 0 aromatic heterocycles. The SMILES string of the molecule is CCC(=O)Oc1cccc(I)c1COc1cc(C)c(C)cc1C(F)(F)F. The average Bonchev–Trinajstić information content (AvgIpc) is 2.56. The van der Waals surface area contributed by atoms with Gasteiger partial charge in [0.25, 0.3) is 0 Å². The smallest absolute Gasteiger partial charge is 0.419 e. The summed E-state index contributed by atoms with van der Waals surface area (Å²) >= 11 is 2.03. The van der Waals surface area contributed by atoms with Crippen molar-refractivity contribution in [3.8, 4) is 11.5 Å². The molecule has 0 aliphatic heterocycles. The molecular formula is C19H18F3IO3. The van der Waals surface area contributed by atoms with Crippen LogP contribution >= 0.6 is 22.6 Å². The summed E-state index contributed by atoms with van der Waals surface area (Å²) in [6.45, 7) is 4.87. The summed E-state index contributed by atoms with van der Waals surface area (Å²) in [6.07, 6.45) is -4.32. The van der Waals surface area contributed by atoms with Gasteiger partial charge < -0.3 is 9.47 Å². The van der Waals surface area contributed by atoms with E-state index in [9.17, 15) is 18.0 Å². The van der Waals surface area contributed by atoms with Gasteiger partial charge in [-0.1, -0.05) is 13.0 Å². The summed E-state index contributed by atoms with van der Waals surface area (Å²) in [5.74, 6) is -0.371. The number of hydrogen-bond donors (Lipinski definition) is 0. The standard InChI is InChI=1S/C19H18F3IO3/c1-4-18(24)26-16-7-5-6-15(23)13(16)10-25-17-9-12(3)11(2)8-14(17)19(20,21)22/h5-9H,4,10H2,1-3H3. The van der Waals surface area contributed by atoms with E-state index < -0.39 is 17.7 Å². The second-order valence-corrected chi connectivity index (χ2v) is 6.93. The molecule has 0 atom stereocenters. The third-order valence-corrected chi connectivity index (χ3v) is 4.87. The van der Waals surface area contributed by atoms with Crippen LogP contribution in [-0.2, 0) is 17.6 Å². The molecule has 2 aromatic carbocycles. The van der Waals surface area contributed by atoms with Crippen molar-refractivity contribution in [3.05, 3.63) is 56.2 Å². The quantitative estimate of drug-likeness (QED) is 0.309. The van der Waals surface area contributed by atoms with E-state index in [0.717, 1.165) is 9.64 Å². The van der Waals surface area contributed by atoms with Gasteiger partial charge in [0, 0.05) is 15.6 Å².